The minimum Gasteiger partial charge on any atom is -0.497 e. The topological polar surface area (TPSA) is 84.0 Å². The highest BCUT2D eigenvalue weighted by atomic mass is 127. The van der Waals surface area contributed by atoms with Gasteiger partial charge in [-0.25, -0.2) is 9.38 Å². The fourth-order valence-electron chi connectivity index (χ4n) is 2.27. The van der Waals surface area contributed by atoms with Crippen LogP contribution < -0.4 is 25.4 Å². The molecule has 0 heterocycles. The molecule has 0 aromatic heterocycles. The molecule has 2 aromatic rings. The van der Waals surface area contributed by atoms with Crippen LogP contribution in [0.15, 0.2) is 53.5 Å². The van der Waals surface area contributed by atoms with Gasteiger partial charge in [-0.2, -0.15) is 0 Å². The first-order valence-electron chi connectivity index (χ1n) is 8.95. The van der Waals surface area contributed by atoms with Crippen LogP contribution in [0.2, 0.25) is 0 Å². The fraction of sp³-hybridized carbons (Fsp3) is 0.300. The van der Waals surface area contributed by atoms with E-state index < -0.39 is 5.82 Å². The summed E-state index contributed by atoms with van der Waals surface area (Å²) in [6, 6.07) is 13.0. The second kappa shape index (κ2) is 13.6. The van der Waals surface area contributed by atoms with Crippen molar-refractivity contribution >= 4 is 41.5 Å². The molecule has 2 rings (SSSR count). The molecule has 0 aliphatic carbocycles. The maximum absolute atomic E-state index is 13.1. The Morgan fingerprint density at radius 2 is 1.83 bits per heavy atom. The number of rotatable bonds is 9. The predicted molar refractivity (Wildman–Crippen MR) is 123 cm³/mol. The van der Waals surface area contributed by atoms with Gasteiger partial charge >= 0.3 is 0 Å². The van der Waals surface area contributed by atoms with Crippen LogP contribution in [0, 0.1) is 5.82 Å². The van der Waals surface area contributed by atoms with Crippen molar-refractivity contribution in [3.63, 3.8) is 0 Å². The molecular weight excluding hydrogens is 490 g/mol. The number of amides is 1. The molecule has 29 heavy (non-hydrogen) atoms. The highest BCUT2D eigenvalue weighted by Crippen LogP contribution is 2.16. The normalized spacial score (nSPS) is 10.5. The van der Waals surface area contributed by atoms with Crippen LogP contribution in [-0.4, -0.2) is 45.2 Å². The molecule has 0 radical (unpaired) electrons. The van der Waals surface area contributed by atoms with Gasteiger partial charge in [-0.05, 0) is 49.4 Å². The van der Waals surface area contributed by atoms with Crippen molar-refractivity contribution in [3.8, 4) is 11.5 Å². The quantitative estimate of drug-likeness (QED) is 0.207. The first kappa shape index (κ1) is 24.5. The Morgan fingerprint density at radius 3 is 2.48 bits per heavy atom. The van der Waals surface area contributed by atoms with E-state index in [1.165, 1.54) is 18.2 Å². The van der Waals surface area contributed by atoms with Gasteiger partial charge < -0.3 is 25.4 Å². The molecule has 3 N–H and O–H groups in total. The number of anilines is 1. The molecule has 0 spiro atoms. The molecule has 0 unspecified atom stereocenters. The second-order valence-electron chi connectivity index (χ2n) is 5.70. The van der Waals surface area contributed by atoms with Crippen molar-refractivity contribution in [3.05, 3.63) is 54.3 Å². The summed E-state index contributed by atoms with van der Waals surface area (Å²) in [5.41, 5.74) is 0.394. The van der Waals surface area contributed by atoms with E-state index in [0.717, 1.165) is 11.5 Å². The second-order valence-corrected chi connectivity index (χ2v) is 5.70. The molecule has 158 valence electrons. The Balaban J connectivity index is 0.00000420. The van der Waals surface area contributed by atoms with Crippen LogP contribution in [0.25, 0.3) is 0 Å². The molecule has 0 aliphatic heterocycles. The van der Waals surface area contributed by atoms with Gasteiger partial charge in [0, 0.05) is 12.2 Å². The Morgan fingerprint density at radius 1 is 1.10 bits per heavy atom. The number of hydrogen-bond acceptors (Lipinski definition) is 4. The summed E-state index contributed by atoms with van der Waals surface area (Å²) in [6.07, 6.45) is 0. The van der Waals surface area contributed by atoms with Crippen molar-refractivity contribution in [1.82, 2.24) is 10.6 Å². The molecule has 0 saturated heterocycles. The SMILES string of the molecule is CCNC(=NCC(=O)Nc1cccc(F)c1)NCCOc1ccc(OC)cc1.I. The Hall–Kier alpha value is -2.56. The third kappa shape index (κ3) is 9.46. The van der Waals surface area contributed by atoms with Gasteiger partial charge in [0.1, 0.15) is 30.5 Å². The zero-order valence-corrected chi connectivity index (χ0v) is 18.7. The molecule has 0 aliphatic rings. The minimum atomic E-state index is -0.409. The molecule has 9 heteroatoms. The van der Waals surface area contributed by atoms with Crippen LogP contribution in [0.4, 0.5) is 10.1 Å². The number of hydrogen-bond donors (Lipinski definition) is 3. The van der Waals surface area contributed by atoms with Crippen LogP contribution >= 0.6 is 24.0 Å². The third-order valence-corrected chi connectivity index (χ3v) is 3.56. The molecule has 2 aromatic carbocycles. The summed E-state index contributed by atoms with van der Waals surface area (Å²) in [6.45, 7) is 3.41. The molecule has 0 atom stereocenters. The number of methoxy groups -OCH3 is 1. The monoisotopic (exact) mass is 516 g/mol. The van der Waals surface area contributed by atoms with Gasteiger partial charge in [-0.15, -0.1) is 24.0 Å². The zero-order valence-electron chi connectivity index (χ0n) is 16.4. The zero-order chi connectivity index (χ0) is 20.2. The lowest BCUT2D eigenvalue weighted by Gasteiger charge is -2.12. The number of aliphatic imine (C=N–C) groups is 1. The van der Waals surface area contributed by atoms with Gasteiger partial charge in [-0.3, -0.25) is 4.79 Å². The smallest absolute Gasteiger partial charge is 0.246 e. The lowest BCUT2D eigenvalue weighted by Crippen LogP contribution is -2.40. The van der Waals surface area contributed by atoms with Crippen molar-refractivity contribution in [1.29, 1.82) is 0 Å². The summed E-state index contributed by atoms with van der Waals surface area (Å²) in [5, 5.41) is 8.74. The van der Waals surface area contributed by atoms with Crippen LogP contribution in [0.1, 0.15) is 6.92 Å². The average molecular weight is 516 g/mol. The van der Waals surface area contributed by atoms with E-state index in [4.69, 9.17) is 9.47 Å². The van der Waals surface area contributed by atoms with Gasteiger partial charge in [0.05, 0.1) is 13.7 Å². The molecule has 1 amide bonds. The Kier molecular flexibility index (Phi) is 11.5. The van der Waals surface area contributed by atoms with Gasteiger partial charge in [-0.1, -0.05) is 6.07 Å². The van der Waals surface area contributed by atoms with E-state index in [2.05, 4.69) is 20.9 Å². The summed E-state index contributed by atoms with van der Waals surface area (Å²) < 4.78 is 23.9. The van der Waals surface area contributed by atoms with E-state index in [0.29, 0.717) is 31.3 Å². The number of nitrogens with zero attached hydrogens (tertiary/aromatic N) is 1. The van der Waals surface area contributed by atoms with Gasteiger partial charge in [0.2, 0.25) is 5.91 Å². The first-order valence-corrected chi connectivity index (χ1v) is 8.95. The molecule has 0 bridgehead atoms. The standard InChI is InChI=1S/C20H25FN4O3.HI/c1-3-22-20(23-11-12-28-18-9-7-17(27-2)8-10-18)24-14-19(26)25-16-6-4-5-15(21)13-16;/h4-10,13H,3,11-12,14H2,1-2H3,(H,25,26)(H2,22,23,24);1H. The minimum absolute atomic E-state index is 0. The number of halogens is 2. The van der Waals surface area contributed by atoms with Crippen LogP contribution in [0.3, 0.4) is 0 Å². The summed E-state index contributed by atoms with van der Waals surface area (Å²) in [7, 11) is 1.61. The predicted octanol–water partition coefficient (Wildman–Crippen LogP) is 3.02. The highest BCUT2D eigenvalue weighted by Gasteiger charge is 2.04. The summed E-state index contributed by atoms with van der Waals surface area (Å²) in [5.74, 6) is 1.25. The van der Waals surface area contributed by atoms with Crippen molar-refractivity contribution in [2.75, 3.05) is 38.7 Å². The Bertz CT molecular complexity index is 788. The van der Waals surface area contributed by atoms with Crippen molar-refractivity contribution < 1.29 is 18.7 Å². The van der Waals surface area contributed by atoms with E-state index >= 15 is 0 Å². The number of guanidine groups is 1. The summed E-state index contributed by atoms with van der Waals surface area (Å²) >= 11 is 0. The van der Waals surface area contributed by atoms with E-state index in [9.17, 15) is 9.18 Å². The number of ether oxygens (including phenoxy) is 2. The first-order chi connectivity index (χ1) is 13.6. The molecule has 0 fully saturated rings. The fourth-order valence-corrected chi connectivity index (χ4v) is 2.27. The van der Waals surface area contributed by atoms with Crippen molar-refractivity contribution in [2.24, 2.45) is 4.99 Å². The number of benzene rings is 2. The summed E-state index contributed by atoms with van der Waals surface area (Å²) in [4.78, 5) is 16.2. The molecule has 0 saturated carbocycles. The van der Waals surface area contributed by atoms with Crippen molar-refractivity contribution in [2.45, 2.75) is 6.92 Å². The number of carbonyl (C=O) groups excluding carboxylic acids is 1. The van der Waals surface area contributed by atoms with E-state index in [1.54, 1.807) is 13.2 Å². The number of carbonyl (C=O) groups is 1. The third-order valence-electron chi connectivity index (χ3n) is 3.56. The maximum atomic E-state index is 13.1. The van der Waals surface area contributed by atoms with E-state index in [-0.39, 0.29) is 36.4 Å². The van der Waals surface area contributed by atoms with Crippen LogP contribution in [0.5, 0.6) is 11.5 Å². The van der Waals surface area contributed by atoms with Gasteiger partial charge in [0.25, 0.3) is 0 Å². The number of nitrogens with one attached hydrogen (secondary N) is 3. The van der Waals surface area contributed by atoms with Gasteiger partial charge in [0.15, 0.2) is 5.96 Å². The highest BCUT2D eigenvalue weighted by molar-refractivity contribution is 14.0. The maximum Gasteiger partial charge on any atom is 0.246 e. The van der Waals surface area contributed by atoms with E-state index in [1.807, 2.05) is 31.2 Å². The average Bonchev–Trinajstić information content (AvgIpc) is 2.69. The Labute approximate surface area is 187 Å². The molecular formula is C20H26FIN4O3. The lowest BCUT2D eigenvalue weighted by atomic mass is 10.3. The lowest BCUT2D eigenvalue weighted by molar-refractivity contribution is -0.114. The largest absolute Gasteiger partial charge is 0.497 e. The van der Waals surface area contributed by atoms with Crippen LogP contribution in [-0.2, 0) is 4.79 Å². The molecule has 7 nitrogen and oxygen atoms in total.